The number of carbonyl (C=O) groups excluding carboxylic acids is 4. The number of rotatable bonds is 6. The number of amides is 4. The highest BCUT2D eigenvalue weighted by Crippen LogP contribution is 2.16. The number of nitrogens with zero attached hydrogens (tertiary/aromatic N) is 1. The highest BCUT2D eigenvalue weighted by molar-refractivity contribution is 6.08. The standard InChI is InChI=1S/C17H21N3O4/c1-11(21)13(9-12-7-5-4-6-8-12)18-14(22)10-20-15(23)17(2,3)19-16(20)24/h4-8,13H,9-10H2,1-3H3,(H,18,22)(H,19,24). The first kappa shape index (κ1) is 17.7. The molecule has 1 aliphatic heterocycles. The van der Waals surface area contributed by atoms with Gasteiger partial charge in [-0.2, -0.15) is 0 Å². The summed E-state index contributed by atoms with van der Waals surface area (Å²) in [6.45, 7) is 4.12. The number of hydrogen-bond acceptors (Lipinski definition) is 4. The number of benzene rings is 1. The quantitative estimate of drug-likeness (QED) is 0.748. The van der Waals surface area contributed by atoms with Crippen LogP contribution in [-0.2, 0) is 20.8 Å². The number of carbonyl (C=O) groups is 4. The van der Waals surface area contributed by atoms with E-state index in [2.05, 4.69) is 10.6 Å². The van der Waals surface area contributed by atoms with Crippen molar-refractivity contribution in [2.45, 2.75) is 38.8 Å². The predicted molar refractivity (Wildman–Crippen MR) is 87.1 cm³/mol. The van der Waals surface area contributed by atoms with E-state index >= 15 is 0 Å². The molecule has 0 bridgehead atoms. The number of urea groups is 1. The summed E-state index contributed by atoms with van der Waals surface area (Å²) >= 11 is 0. The van der Waals surface area contributed by atoms with Gasteiger partial charge in [0.1, 0.15) is 12.1 Å². The van der Waals surface area contributed by atoms with E-state index in [1.165, 1.54) is 6.92 Å². The minimum absolute atomic E-state index is 0.190. The summed E-state index contributed by atoms with van der Waals surface area (Å²) < 4.78 is 0. The fourth-order valence-corrected chi connectivity index (χ4v) is 2.49. The average molecular weight is 331 g/mol. The molecule has 7 heteroatoms. The molecule has 1 saturated heterocycles. The number of Topliss-reactive ketones (excluding diaryl/α,β-unsaturated/α-hetero) is 1. The zero-order valence-corrected chi connectivity index (χ0v) is 14.0. The largest absolute Gasteiger partial charge is 0.344 e. The molecule has 0 aliphatic carbocycles. The number of hydrogen-bond donors (Lipinski definition) is 2. The maximum absolute atomic E-state index is 12.2. The Morgan fingerprint density at radius 1 is 1.21 bits per heavy atom. The SMILES string of the molecule is CC(=O)C(Cc1ccccc1)NC(=O)CN1C(=O)NC(C)(C)C1=O. The molecule has 128 valence electrons. The van der Waals surface area contributed by atoms with Crippen LogP contribution in [0.3, 0.4) is 0 Å². The van der Waals surface area contributed by atoms with E-state index in [0.29, 0.717) is 6.42 Å². The van der Waals surface area contributed by atoms with Gasteiger partial charge in [0, 0.05) is 0 Å². The summed E-state index contributed by atoms with van der Waals surface area (Å²) in [7, 11) is 0. The highest BCUT2D eigenvalue weighted by Gasteiger charge is 2.44. The molecule has 0 aromatic heterocycles. The lowest BCUT2D eigenvalue weighted by atomic mass is 10.0. The van der Waals surface area contributed by atoms with Crippen molar-refractivity contribution in [1.29, 1.82) is 0 Å². The molecule has 2 N–H and O–H groups in total. The lowest BCUT2D eigenvalue weighted by Gasteiger charge is -2.19. The maximum Gasteiger partial charge on any atom is 0.325 e. The lowest BCUT2D eigenvalue weighted by molar-refractivity contribution is -0.134. The van der Waals surface area contributed by atoms with Crippen LogP contribution >= 0.6 is 0 Å². The first-order valence-electron chi connectivity index (χ1n) is 7.68. The Labute approximate surface area is 140 Å². The molecule has 1 aromatic carbocycles. The van der Waals surface area contributed by atoms with Crippen molar-refractivity contribution in [3.05, 3.63) is 35.9 Å². The summed E-state index contributed by atoms with van der Waals surface area (Å²) in [6, 6.07) is 7.98. The van der Waals surface area contributed by atoms with E-state index in [1.54, 1.807) is 13.8 Å². The molecular weight excluding hydrogens is 310 g/mol. The number of ketones is 1. The summed E-state index contributed by atoms with van der Waals surface area (Å²) in [6.07, 6.45) is 0.355. The Balaban J connectivity index is 2.00. The third-order valence-corrected chi connectivity index (χ3v) is 3.85. The molecule has 1 aliphatic rings. The number of nitrogens with one attached hydrogen (secondary N) is 2. The Hall–Kier alpha value is -2.70. The van der Waals surface area contributed by atoms with Gasteiger partial charge >= 0.3 is 6.03 Å². The van der Waals surface area contributed by atoms with Crippen LogP contribution in [0.15, 0.2) is 30.3 Å². The van der Waals surface area contributed by atoms with Gasteiger partial charge in [-0.1, -0.05) is 30.3 Å². The Morgan fingerprint density at radius 3 is 2.33 bits per heavy atom. The summed E-state index contributed by atoms with van der Waals surface area (Å²) in [4.78, 5) is 48.7. The molecule has 0 spiro atoms. The van der Waals surface area contributed by atoms with Gasteiger partial charge in [-0.3, -0.25) is 19.3 Å². The van der Waals surface area contributed by atoms with Gasteiger partial charge < -0.3 is 10.6 Å². The molecule has 1 heterocycles. The monoisotopic (exact) mass is 331 g/mol. The first-order chi connectivity index (χ1) is 11.2. The van der Waals surface area contributed by atoms with Crippen molar-refractivity contribution in [3.8, 4) is 0 Å². The zero-order chi connectivity index (χ0) is 17.9. The molecular formula is C17H21N3O4. The average Bonchev–Trinajstić information content (AvgIpc) is 2.69. The minimum atomic E-state index is -1.03. The summed E-state index contributed by atoms with van der Waals surface area (Å²) in [5.41, 5.74) is -0.115. The van der Waals surface area contributed by atoms with Gasteiger partial charge in [0.2, 0.25) is 5.91 Å². The van der Waals surface area contributed by atoms with Crippen molar-refractivity contribution in [3.63, 3.8) is 0 Å². The maximum atomic E-state index is 12.2. The van der Waals surface area contributed by atoms with Crippen molar-refractivity contribution in [2.75, 3.05) is 6.54 Å². The van der Waals surface area contributed by atoms with Crippen molar-refractivity contribution in [2.24, 2.45) is 0 Å². The highest BCUT2D eigenvalue weighted by atomic mass is 16.2. The second kappa shape index (κ2) is 6.82. The first-order valence-corrected chi connectivity index (χ1v) is 7.68. The minimum Gasteiger partial charge on any atom is -0.344 e. The van der Waals surface area contributed by atoms with Gasteiger partial charge in [-0.25, -0.2) is 4.79 Å². The van der Waals surface area contributed by atoms with Crippen LogP contribution < -0.4 is 10.6 Å². The van der Waals surface area contributed by atoms with Gasteiger partial charge in [0.25, 0.3) is 5.91 Å². The van der Waals surface area contributed by atoms with Crippen molar-refractivity contribution >= 4 is 23.6 Å². The van der Waals surface area contributed by atoms with E-state index in [1.807, 2.05) is 30.3 Å². The fraction of sp³-hybridized carbons (Fsp3) is 0.412. The smallest absolute Gasteiger partial charge is 0.325 e. The molecule has 0 radical (unpaired) electrons. The van der Waals surface area contributed by atoms with Crippen LogP contribution in [0.4, 0.5) is 4.79 Å². The molecule has 4 amide bonds. The van der Waals surface area contributed by atoms with Gasteiger partial charge in [0.15, 0.2) is 5.78 Å². The molecule has 24 heavy (non-hydrogen) atoms. The van der Waals surface area contributed by atoms with Gasteiger partial charge in [-0.05, 0) is 32.8 Å². The predicted octanol–water partition coefficient (Wildman–Crippen LogP) is 0.633. The fourth-order valence-electron chi connectivity index (χ4n) is 2.49. The van der Waals surface area contributed by atoms with Crippen molar-refractivity contribution < 1.29 is 19.2 Å². The molecule has 2 rings (SSSR count). The third kappa shape index (κ3) is 3.98. The zero-order valence-electron chi connectivity index (χ0n) is 14.0. The molecule has 1 atom stereocenters. The van der Waals surface area contributed by atoms with Gasteiger partial charge in [0.05, 0.1) is 6.04 Å². The van der Waals surface area contributed by atoms with Crippen LogP contribution in [0.1, 0.15) is 26.3 Å². The second-order valence-electron chi connectivity index (χ2n) is 6.37. The molecule has 1 aromatic rings. The van der Waals surface area contributed by atoms with Gasteiger partial charge in [-0.15, -0.1) is 0 Å². The van der Waals surface area contributed by atoms with E-state index in [0.717, 1.165) is 10.5 Å². The molecule has 1 fully saturated rings. The van der Waals surface area contributed by atoms with Crippen molar-refractivity contribution in [1.82, 2.24) is 15.5 Å². The Kier molecular flexibility index (Phi) is 5.02. The van der Waals surface area contributed by atoms with Crippen LogP contribution in [0.5, 0.6) is 0 Å². The summed E-state index contributed by atoms with van der Waals surface area (Å²) in [5.74, 6) is -1.21. The number of imide groups is 1. The third-order valence-electron chi connectivity index (χ3n) is 3.85. The van der Waals surface area contributed by atoms with E-state index in [-0.39, 0.29) is 5.78 Å². The molecule has 1 unspecified atom stereocenters. The lowest BCUT2D eigenvalue weighted by Crippen LogP contribution is -2.48. The normalized spacial score (nSPS) is 17.4. The van der Waals surface area contributed by atoms with Crippen LogP contribution in [0, 0.1) is 0 Å². The Morgan fingerprint density at radius 2 is 1.83 bits per heavy atom. The Bertz CT molecular complexity index is 670. The van der Waals surface area contributed by atoms with Crippen LogP contribution in [0.25, 0.3) is 0 Å². The van der Waals surface area contributed by atoms with Crippen LogP contribution in [-0.4, -0.2) is 46.7 Å². The van der Waals surface area contributed by atoms with E-state index in [4.69, 9.17) is 0 Å². The van der Waals surface area contributed by atoms with E-state index in [9.17, 15) is 19.2 Å². The van der Waals surface area contributed by atoms with E-state index < -0.39 is 36.0 Å². The molecule has 7 nitrogen and oxygen atoms in total. The second-order valence-corrected chi connectivity index (χ2v) is 6.37. The molecule has 0 saturated carbocycles. The summed E-state index contributed by atoms with van der Waals surface area (Å²) in [5, 5.41) is 5.10. The van der Waals surface area contributed by atoms with Crippen LogP contribution in [0.2, 0.25) is 0 Å². The topological polar surface area (TPSA) is 95.6 Å².